The van der Waals surface area contributed by atoms with Gasteiger partial charge in [0.2, 0.25) is 0 Å². The highest BCUT2D eigenvalue weighted by atomic mass is 14.9. The summed E-state index contributed by atoms with van der Waals surface area (Å²) in [5, 5.41) is 0. The van der Waals surface area contributed by atoms with Crippen molar-refractivity contribution in [3.05, 3.63) is 23.3 Å². The van der Waals surface area contributed by atoms with E-state index in [4.69, 9.17) is 5.73 Å². The van der Waals surface area contributed by atoms with E-state index in [2.05, 4.69) is 16.9 Å². The van der Waals surface area contributed by atoms with Gasteiger partial charge in [-0.15, -0.1) is 0 Å². The van der Waals surface area contributed by atoms with Crippen LogP contribution < -0.4 is 5.73 Å². The Morgan fingerprint density at radius 1 is 1.50 bits per heavy atom. The highest BCUT2D eigenvalue weighted by Crippen LogP contribution is 2.06. The van der Waals surface area contributed by atoms with Crippen molar-refractivity contribution in [3.8, 4) is 0 Å². The van der Waals surface area contributed by atoms with Gasteiger partial charge in [-0.3, -0.25) is 0 Å². The van der Waals surface area contributed by atoms with Gasteiger partial charge in [0.15, 0.2) is 0 Å². The third-order valence-corrected chi connectivity index (χ3v) is 1.69. The lowest BCUT2D eigenvalue weighted by atomic mass is 10.2. The van der Waals surface area contributed by atoms with E-state index >= 15 is 0 Å². The molecule has 0 amide bonds. The summed E-state index contributed by atoms with van der Waals surface area (Å²) in [6.07, 6.45) is 0.934. The summed E-state index contributed by atoms with van der Waals surface area (Å²) in [4.78, 5) is 8.56. The minimum atomic E-state index is -0.0739. The Morgan fingerprint density at radius 2 is 2.17 bits per heavy atom. The van der Waals surface area contributed by atoms with Crippen molar-refractivity contribution in [2.45, 2.75) is 33.2 Å². The van der Waals surface area contributed by atoms with Crippen LogP contribution in [0.4, 0.5) is 0 Å². The molecule has 0 aliphatic heterocycles. The van der Waals surface area contributed by atoms with Crippen LogP contribution in [0.1, 0.15) is 37.1 Å². The van der Waals surface area contributed by atoms with Gasteiger partial charge >= 0.3 is 0 Å². The van der Waals surface area contributed by atoms with E-state index in [-0.39, 0.29) is 6.04 Å². The van der Waals surface area contributed by atoms with Crippen molar-refractivity contribution in [2.75, 3.05) is 0 Å². The number of hydrogen-bond donors (Lipinski definition) is 1. The first-order valence-electron chi connectivity index (χ1n) is 4.23. The summed E-state index contributed by atoms with van der Waals surface area (Å²) >= 11 is 0. The Hall–Kier alpha value is -0.960. The molecule has 1 heterocycles. The summed E-state index contributed by atoms with van der Waals surface area (Å²) in [6, 6.07) is 1.92. The molecule has 0 saturated heterocycles. The average molecular weight is 165 g/mol. The quantitative estimate of drug-likeness (QED) is 0.720. The SMILES string of the molecule is CCc1cc(C)nc(C(C)N)n1. The molecule has 1 unspecified atom stereocenters. The van der Waals surface area contributed by atoms with E-state index in [0.717, 1.165) is 23.6 Å². The van der Waals surface area contributed by atoms with Crippen LogP contribution in [-0.2, 0) is 6.42 Å². The Kier molecular flexibility index (Phi) is 2.76. The van der Waals surface area contributed by atoms with Gasteiger partial charge in [0.05, 0.1) is 6.04 Å². The Morgan fingerprint density at radius 3 is 2.67 bits per heavy atom. The van der Waals surface area contributed by atoms with Crippen LogP contribution in [0, 0.1) is 6.92 Å². The molecule has 0 aromatic carbocycles. The molecule has 0 spiro atoms. The molecule has 3 nitrogen and oxygen atoms in total. The number of aromatic nitrogens is 2. The van der Waals surface area contributed by atoms with Gasteiger partial charge in [0, 0.05) is 11.4 Å². The summed E-state index contributed by atoms with van der Waals surface area (Å²) in [5.74, 6) is 0.742. The van der Waals surface area contributed by atoms with Crippen LogP contribution in [0.5, 0.6) is 0 Å². The summed E-state index contributed by atoms with van der Waals surface area (Å²) in [5.41, 5.74) is 7.74. The molecule has 2 N–H and O–H groups in total. The maximum absolute atomic E-state index is 5.68. The van der Waals surface area contributed by atoms with Gasteiger partial charge in [-0.25, -0.2) is 9.97 Å². The van der Waals surface area contributed by atoms with Crippen molar-refractivity contribution in [1.82, 2.24) is 9.97 Å². The Labute approximate surface area is 73.0 Å². The zero-order valence-electron chi connectivity index (χ0n) is 7.83. The highest BCUT2D eigenvalue weighted by molar-refractivity contribution is 5.11. The van der Waals surface area contributed by atoms with Crippen molar-refractivity contribution in [2.24, 2.45) is 5.73 Å². The first kappa shape index (κ1) is 9.13. The van der Waals surface area contributed by atoms with Gasteiger partial charge in [-0.05, 0) is 26.3 Å². The largest absolute Gasteiger partial charge is 0.322 e. The first-order valence-corrected chi connectivity index (χ1v) is 4.23. The Balaban J connectivity index is 3.06. The van der Waals surface area contributed by atoms with Gasteiger partial charge in [-0.2, -0.15) is 0 Å². The average Bonchev–Trinajstić information content (AvgIpc) is 2.03. The summed E-state index contributed by atoms with van der Waals surface area (Å²) in [6.45, 7) is 5.94. The van der Waals surface area contributed by atoms with Crippen molar-refractivity contribution in [1.29, 1.82) is 0 Å². The van der Waals surface area contributed by atoms with Crippen LogP contribution in [0.25, 0.3) is 0 Å². The number of aryl methyl sites for hydroxylation is 2. The lowest BCUT2D eigenvalue weighted by molar-refractivity contribution is 0.720. The fraction of sp³-hybridized carbons (Fsp3) is 0.556. The van der Waals surface area contributed by atoms with Crippen LogP contribution in [0.3, 0.4) is 0 Å². The number of nitrogens with zero attached hydrogens (tertiary/aromatic N) is 2. The molecule has 0 aliphatic rings. The van der Waals surface area contributed by atoms with Crippen molar-refractivity contribution < 1.29 is 0 Å². The van der Waals surface area contributed by atoms with E-state index in [9.17, 15) is 0 Å². The molecular weight excluding hydrogens is 150 g/mol. The van der Waals surface area contributed by atoms with E-state index in [0.29, 0.717) is 0 Å². The van der Waals surface area contributed by atoms with Crippen molar-refractivity contribution >= 4 is 0 Å². The topological polar surface area (TPSA) is 51.8 Å². The van der Waals surface area contributed by atoms with Crippen molar-refractivity contribution in [3.63, 3.8) is 0 Å². The third kappa shape index (κ3) is 2.01. The fourth-order valence-electron chi connectivity index (χ4n) is 1.04. The predicted molar refractivity (Wildman–Crippen MR) is 48.7 cm³/mol. The smallest absolute Gasteiger partial charge is 0.145 e. The molecule has 0 fully saturated rings. The maximum Gasteiger partial charge on any atom is 0.145 e. The highest BCUT2D eigenvalue weighted by Gasteiger charge is 2.04. The molecule has 0 aliphatic carbocycles. The monoisotopic (exact) mass is 165 g/mol. The molecule has 66 valence electrons. The van der Waals surface area contributed by atoms with Crippen LogP contribution in [-0.4, -0.2) is 9.97 Å². The molecule has 0 bridgehead atoms. The zero-order valence-corrected chi connectivity index (χ0v) is 7.83. The molecule has 1 atom stereocenters. The standard InChI is InChI=1S/C9H15N3/c1-4-8-5-6(2)11-9(12-8)7(3)10/h5,7H,4,10H2,1-3H3. The van der Waals surface area contributed by atoms with E-state index in [1.165, 1.54) is 0 Å². The molecule has 3 heteroatoms. The lowest BCUT2D eigenvalue weighted by Crippen LogP contribution is -2.11. The second kappa shape index (κ2) is 3.63. The minimum Gasteiger partial charge on any atom is -0.322 e. The fourth-order valence-corrected chi connectivity index (χ4v) is 1.04. The summed E-state index contributed by atoms with van der Waals surface area (Å²) < 4.78 is 0. The first-order chi connectivity index (χ1) is 5.63. The third-order valence-electron chi connectivity index (χ3n) is 1.69. The van der Waals surface area contributed by atoms with Crippen LogP contribution in [0.15, 0.2) is 6.07 Å². The normalized spacial score (nSPS) is 13.0. The summed E-state index contributed by atoms with van der Waals surface area (Å²) in [7, 11) is 0. The van der Waals surface area contributed by atoms with Crippen LogP contribution in [0.2, 0.25) is 0 Å². The van der Waals surface area contributed by atoms with Gasteiger partial charge in [0.1, 0.15) is 5.82 Å². The molecule has 1 aromatic heterocycles. The van der Waals surface area contributed by atoms with E-state index < -0.39 is 0 Å². The van der Waals surface area contributed by atoms with Gasteiger partial charge < -0.3 is 5.73 Å². The maximum atomic E-state index is 5.68. The zero-order chi connectivity index (χ0) is 9.14. The van der Waals surface area contributed by atoms with E-state index in [1.807, 2.05) is 19.9 Å². The second-order valence-electron chi connectivity index (χ2n) is 3.00. The minimum absolute atomic E-state index is 0.0739. The molecule has 0 saturated carbocycles. The molecule has 12 heavy (non-hydrogen) atoms. The molecule has 1 aromatic rings. The number of nitrogens with two attached hydrogens (primary N) is 1. The Bertz CT molecular complexity index is 268. The second-order valence-corrected chi connectivity index (χ2v) is 3.00. The molecule has 1 rings (SSSR count). The van der Waals surface area contributed by atoms with E-state index in [1.54, 1.807) is 0 Å². The van der Waals surface area contributed by atoms with Crippen LogP contribution >= 0.6 is 0 Å². The predicted octanol–water partition coefficient (Wildman–Crippen LogP) is 1.37. The molecular formula is C9H15N3. The van der Waals surface area contributed by atoms with Gasteiger partial charge in [-0.1, -0.05) is 6.92 Å². The number of hydrogen-bond acceptors (Lipinski definition) is 3. The lowest BCUT2D eigenvalue weighted by Gasteiger charge is -2.06. The van der Waals surface area contributed by atoms with Gasteiger partial charge in [0.25, 0.3) is 0 Å². The number of rotatable bonds is 2. The molecule has 0 radical (unpaired) electrons.